The molecule has 0 radical (unpaired) electrons. The van der Waals surface area contributed by atoms with Crippen LogP contribution in [0.3, 0.4) is 0 Å². The number of benzene rings is 3. The van der Waals surface area contributed by atoms with Crippen molar-refractivity contribution in [3.63, 3.8) is 0 Å². The van der Waals surface area contributed by atoms with E-state index in [1.165, 1.54) is 12.1 Å². The Labute approximate surface area is 192 Å². The summed E-state index contributed by atoms with van der Waals surface area (Å²) in [5.74, 6) is -1.28. The number of para-hydroxylation sites is 1. The molecule has 3 aromatic rings. The van der Waals surface area contributed by atoms with Gasteiger partial charge in [0.05, 0.1) is 35.4 Å². The molecule has 0 bridgehead atoms. The quantitative estimate of drug-likeness (QED) is 0.418. The van der Waals surface area contributed by atoms with Gasteiger partial charge in [-0.2, -0.15) is 5.26 Å². The number of rotatable bonds is 8. The molecule has 2 atom stereocenters. The van der Waals surface area contributed by atoms with Gasteiger partial charge in [-0.05, 0) is 47.9 Å². The van der Waals surface area contributed by atoms with E-state index in [0.29, 0.717) is 36.2 Å². The summed E-state index contributed by atoms with van der Waals surface area (Å²) in [6.45, 7) is 1.15. The molecule has 4 N–H and O–H groups in total. The van der Waals surface area contributed by atoms with Crippen molar-refractivity contribution < 1.29 is 14.3 Å². The zero-order valence-electron chi connectivity index (χ0n) is 18.0. The number of hydrogen-bond donors (Lipinski definition) is 4. The van der Waals surface area contributed by atoms with Crippen LogP contribution in [-0.4, -0.2) is 30.2 Å². The lowest BCUT2D eigenvalue weighted by molar-refractivity contribution is -0.136. The number of nitrogens with one attached hydrogen (secondary N) is 3. The molecule has 1 aliphatic rings. The minimum atomic E-state index is -0.942. The minimum absolute atomic E-state index is 0.0439. The van der Waals surface area contributed by atoms with Gasteiger partial charge in [0.15, 0.2) is 0 Å². The Morgan fingerprint density at radius 1 is 1.18 bits per heavy atom. The predicted octanol–water partition coefficient (Wildman–Crippen LogP) is 4.10. The first kappa shape index (κ1) is 22.3. The van der Waals surface area contributed by atoms with Crippen molar-refractivity contribution in [3.8, 4) is 6.07 Å². The number of carboxylic acids is 1. The van der Waals surface area contributed by atoms with E-state index in [1.54, 1.807) is 12.1 Å². The Hall–Kier alpha value is -3.89. The molecule has 0 aromatic heterocycles. The van der Waals surface area contributed by atoms with E-state index >= 15 is 0 Å². The zero-order valence-corrected chi connectivity index (χ0v) is 18.0. The van der Waals surface area contributed by atoms with Gasteiger partial charge in [0.25, 0.3) is 0 Å². The van der Waals surface area contributed by atoms with E-state index in [1.807, 2.05) is 42.5 Å². The van der Waals surface area contributed by atoms with Crippen molar-refractivity contribution in [1.29, 1.82) is 5.26 Å². The average molecular weight is 445 g/mol. The fraction of sp³-hybridized carbons (Fsp3) is 0.231. The maximum Gasteiger partial charge on any atom is 0.307 e. The van der Waals surface area contributed by atoms with Crippen LogP contribution in [0.2, 0.25) is 0 Å². The normalized spacial score (nSPS) is 15.5. The van der Waals surface area contributed by atoms with Crippen molar-refractivity contribution in [2.45, 2.75) is 24.9 Å². The monoisotopic (exact) mass is 444 g/mol. The van der Waals surface area contributed by atoms with Gasteiger partial charge in [0.2, 0.25) is 0 Å². The van der Waals surface area contributed by atoms with Gasteiger partial charge in [-0.3, -0.25) is 4.79 Å². The minimum Gasteiger partial charge on any atom is -0.481 e. The van der Waals surface area contributed by atoms with Crippen molar-refractivity contribution in [2.24, 2.45) is 0 Å². The number of carbonyl (C=O) groups is 1. The molecule has 6 nitrogen and oxygen atoms in total. The Balaban J connectivity index is 1.51. The summed E-state index contributed by atoms with van der Waals surface area (Å²) in [7, 11) is 0. The summed E-state index contributed by atoms with van der Waals surface area (Å²) in [5.41, 5.74) is 4.40. The van der Waals surface area contributed by atoms with Crippen LogP contribution >= 0.6 is 0 Å². The predicted molar refractivity (Wildman–Crippen MR) is 126 cm³/mol. The van der Waals surface area contributed by atoms with E-state index in [2.05, 4.69) is 22.0 Å². The van der Waals surface area contributed by atoms with E-state index in [-0.39, 0.29) is 24.3 Å². The lowest BCUT2D eigenvalue weighted by atomic mass is 9.95. The molecule has 0 unspecified atom stereocenters. The molecule has 0 fully saturated rings. The Kier molecular flexibility index (Phi) is 6.86. The van der Waals surface area contributed by atoms with Crippen LogP contribution in [0.5, 0.6) is 0 Å². The van der Waals surface area contributed by atoms with E-state index in [4.69, 9.17) is 5.11 Å². The SMILES string of the molecule is N#Cc1cccc2c1N[C@@H]([C@H](NCCc1cc(CC(=O)O)ccc1F)c1ccccc1)CN2. The van der Waals surface area contributed by atoms with Gasteiger partial charge in [-0.15, -0.1) is 0 Å². The van der Waals surface area contributed by atoms with Crippen molar-refractivity contribution in [2.75, 3.05) is 23.7 Å². The maximum absolute atomic E-state index is 14.3. The fourth-order valence-corrected chi connectivity index (χ4v) is 4.23. The molecule has 1 aliphatic heterocycles. The lowest BCUT2D eigenvalue weighted by Crippen LogP contribution is -2.44. The van der Waals surface area contributed by atoms with Crippen LogP contribution in [-0.2, 0) is 17.6 Å². The summed E-state index contributed by atoms with van der Waals surface area (Å²) in [6, 6.07) is 22.1. The van der Waals surface area contributed by atoms with Gasteiger partial charge < -0.3 is 21.1 Å². The number of nitrogens with zero attached hydrogens (tertiary/aromatic N) is 1. The van der Waals surface area contributed by atoms with Crippen LogP contribution in [0.15, 0.2) is 66.7 Å². The van der Waals surface area contributed by atoms with Gasteiger partial charge in [-0.25, -0.2) is 4.39 Å². The highest BCUT2D eigenvalue weighted by atomic mass is 19.1. The van der Waals surface area contributed by atoms with E-state index in [0.717, 1.165) is 16.9 Å². The van der Waals surface area contributed by atoms with Crippen LogP contribution in [0.1, 0.15) is 28.3 Å². The van der Waals surface area contributed by atoms with Gasteiger partial charge in [-0.1, -0.05) is 48.5 Å². The van der Waals surface area contributed by atoms with Gasteiger partial charge >= 0.3 is 5.97 Å². The van der Waals surface area contributed by atoms with Gasteiger partial charge in [0, 0.05) is 6.54 Å². The highest BCUT2D eigenvalue weighted by Crippen LogP contribution is 2.33. The first-order valence-electron chi connectivity index (χ1n) is 10.9. The lowest BCUT2D eigenvalue weighted by Gasteiger charge is -2.35. The van der Waals surface area contributed by atoms with E-state index in [9.17, 15) is 14.4 Å². The number of aliphatic carboxylic acids is 1. The molecule has 4 rings (SSSR count). The molecule has 0 saturated carbocycles. The third-order valence-corrected chi connectivity index (χ3v) is 5.81. The highest BCUT2D eigenvalue weighted by molar-refractivity contribution is 5.77. The molecule has 0 amide bonds. The van der Waals surface area contributed by atoms with Crippen molar-refractivity contribution in [1.82, 2.24) is 5.32 Å². The average Bonchev–Trinajstić information content (AvgIpc) is 2.83. The first-order chi connectivity index (χ1) is 16.0. The molecule has 3 aromatic carbocycles. The second-order valence-corrected chi connectivity index (χ2v) is 8.06. The third-order valence-electron chi connectivity index (χ3n) is 5.81. The Morgan fingerprint density at radius 3 is 2.76 bits per heavy atom. The number of carboxylic acid groups (broad SMARTS) is 1. The number of halogens is 1. The summed E-state index contributed by atoms with van der Waals surface area (Å²) < 4.78 is 14.3. The zero-order chi connectivity index (χ0) is 23.2. The van der Waals surface area contributed by atoms with Crippen molar-refractivity contribution >= 4 is 17.3 Å². The second kappa shape index (κ2) is 10.2. The third kappa shape index (κ3) is 5.30. The standard InChI is InChI=1S/C26H25FN4O2/c27-21-10-9-17(14-24(32)33)13-19(21)11-12-29-25(18-5-2-1-3-6-18)23-16-30-22-8-4-7-20(15-28)26(22)31-23/h1-10,13,23,25,29-31H,11-12,14,16H2,(H,32,33)/t23-,25-/m1/s1. The summed E-state index contributed by atoms with van der Waals surface area (Å²) in [4.78, 5) is 11.0. The van der Waals surface area contributed by atoms with Crippen LogP contribution in [0.4, 0.5) is 15.8 Å². The highest BCUT2D eigenvalue weighted by Gasteiger charge is 2.28. The van der Waals surface area contributed by atoms with Gasteiger partial charge in [0.1, 0.15) is 11.9 Å². The first-order valence-corrected chi connectivity index (χ1v) is 10.9. The molecule has 0 spiro atoms. The molecule has 33 heavy (non-hydrogen) atoms. The molecular weight excluding hydrogens is 419 g/mol. The summed E-state index contributed by atoms with van der Waals surface area (Å²) in [6.07, 6.45) is 0.286. The van der Waals surface area contributed by atoms with Crippen LogP contribution in [0, 0.1) is 17.1 Å². The fourth-order valence-electron chi connectivity index (χ4n) is 4.23. The number of nitriles is 1. The van der Waals surface area contributed by atoms with Crippen LogP contribution in [0.25, 0.3) is 0 Å². The number of anilines is 2. The Bertz CT molecular complexity index is 1180. The smallest absolute Gasteiger partial charge is 0.307 e. The van der Waals surface area contributed by atoms with Crippen LogP contribution < -0.4 is 16.0 Å². The molecule has 7 heteroatoms. The molecule has 0 saturated heterocycles. The Morgan fingerprint density at radius 2 is 2.00 bits per heavy atom. The van der Waals surface area contributed by atoms with Crippen molar-refractivity contribution in [3.05, 3.63) is 94.8 Å². The largest absolute Gasteiger partial charge is 0.481 e. The maximum atomic E-state index is 14.3. The molecular formula is C26H25FN4O2. The summed E-state index contributed by atoms with van der Waals surface area (Å²) >= 11 is 0. The topological polar surface area (TPSA) is 97.2 Å². The molecule has 168 valence electrons. The molecule has 1 heterocycles. The number of fused-ring (bicyclic) bond motifs is 1. The van der Waals surface area contributed by atoms with E-state index < -0.39 is 5.97 Å². The number of hydrogen-bond acceptors (Lipinski definition) is 5. The molecule has 0 aliphatic carbocycles. The summed E-state index contributed by atoms with van der Waals surface area (Å²) in [5, 5.41) is 29.0. The second-order valence-electron chi connectivity index (χ2n) is 8.06.